The first-order valence-electron chi connectivity index (χ1n) is 4.98. The monoisotopic (exact) mass is 230 g/mol. The molecule has 1 aromatic heterocycles. The minimum Gasteiger partial charge on any atom is -0.477 e. The number of aromatic carboxylic acids is 1. The molecule has 0 aliphatic carbocycles. The molecule has 0 amide bonds. The van der Waals surface area contributed by atoms with Crippen LogP contribution in [-0.4, -0.2) is 21.0 Å². The van der Waals surface area contributed by atoms with E-state index in [-0.39, 0.29) is 5.69 Å². The zero-order valence-electron chi connectivity index (χ0n) is 9.10. The molecule has 0 fully saturated rings. The Morgan fingerprint density at radius 2 is 1.94 bits per heavy atom. The van der Waals surface area contributed by atoms with Gasteiger partial charge in [0.05, 0.1) is 5.69 Å². The Morgan fingerprint density at radius 3 is 2.53 bits per heavy atom. The van der Waals surface area contributed by atoms with E-state index in [0.29, 0.717) is 11.3 Å². The highest BCUT2D eigenvalue weighted by Crippen LogP contribution is 2.16. The summed E-state index contributed by atoms with van der Waals surface area (Å²) in [6.45, 7) is 1.94. The van der Waals surface area contributed by atoms with Gasteiger partial charge < -0.3 is 5.11 Å². The number of nitrogens with zero attached hydrogens (tertiary/aromatic N) is 1. The standard InChI is InChI=1S/C12H10N2O3/c1-7-2-4-8(5-3-7)9-6-10(11(15)16)14-12(17)13-9/h2-6H,1H3,(H,15,16)(H,13,14,17). The van der Waals surface area contributed by atoms with Crippen molar-refractivity contribution in [1.29, 1.82) is 0 Å². The van der Waals surface area contributed by atoms with E-state index in [1.165, 1.54) is 6.07 Å². The van der Waals surface area contributed by atoms with E-state index in [2.05, 4.69) is 9.97 Å². The molecule has 0 saturated heterocycles. The van der Waals surface area contributed by atoms with Crippen molar-refractivity contribution >= 4 is 5.97 Å². The van der Waals surface area contributed by atoms with E-state index < -0.39 is 11.7 Å². The van der Waals surface area contributed by atoms with Crippen molar-refractivity contribution in [3.63, 3.8) is 0 Å². The number of aryl methyl sites for hydroxylation is 1. The SMILES string of the molecule is Cc1ccc(-c2cc(C(=O)O)[nH]c(=O)n2)cc1. The molecule has 0 radical (unpaired) electrons. The van der Waals surface area contributed by atoms with E-state index in [9.17, 15) is 9.59 Å². The number of aromatic nitrogens is 2. The maximum atomic E-state index is 11.2. The van der Waals surface area contributed by atoms with Crippen LogP contribution in [0.5, 0.6) is 0 Å². The quantitative estimate of drug-likeness (QED) is 0.817. The first-order chi connectivity index (χ1) is 8.06. The summed E-state index contributed by atoms with van der Waals surface area (Å²) in [6, 6.07) is 8.68. The van der Waals surface area contributed by atoms with Crippen molar-refractivity contribution < 1.29 is 9.90 Å². The molecule has 2 N–H and O–H groups in total. The highest BCUT2D eigenvalue weighted by molar-refractivity contribution is 5.86. The predicted octanol–water partition coefficient (Wildman–Crippen LogP) is 1.44. The number of rotatable bonds is 2. The number of carboxylic acids is 1. The molecule has 5 nitrogen and oxygen atoms in total. The van der Waals surface area contributed by atoms with Crippen molar-refractivity contribution in [3.05, 3.63) is 52.1 Å². The topological polar surface area (TPSA) is 83.0 Å². The summed E-state index contributed by atoms with van der Waals surface area (Å²) in [6.07, 6.45) is 0. The maximum Gasteiger partial charge on any atom is 0.352 e. The molecular formula is C12H10N2O3. The highest BCUT2D eigenvalue weighted by atomic mass is 16.4. The summed E-state index contributed by atoms with van der Waals surface area (Å²) >= 11 is 0. The van der Waals surface area contributed by atoms with Gasteiger partial charge in [0.15, 0.2) is 0 Å². The minimum atomic E-state index is -1.18. The molecular weight excluding hydrogens is 220 g/mol. The van der Waals surface area contributed by atoms with Crippen molar-refractivity contribution in [3.8, 4) is 11.3 Å². The molecule has 0 spiro atoms. The fourth-order valence-electron chi connectivity index (χ4n) is 1.45. The van der Waals surface area contributed by atoms with Gasteiger partial charge in [-0.3, -0.25) is 4.98 Å². The van der Waals surface area contributed by atoms with Crippen molar-refractivity contribution in [2.24, 2.45) is 0 Å². The van der Waals surface area contributed by atoms with Gasteiger partial charge in [0, 0.05) is 5.56 Å². The van der Waals surface area contributed by atoms with Crippen LogP contribution in [0, 0.1) is 6.92 Å². The molecule has 0 bridgehead atoms. The molecule has 2 rings (SSSR count). The van der Waals surface area contributed by atoms with Gasteiger partial charge in [-0.1, -0.05) is 29.8 Å². The van der Waals surface area contributed by atoms with Crippen LogP contribution in [0.4, 0.5) is 0 Å². The fraction of sp³-hybridized carbons (Fsp3) is 0.0833. The van der Waals surface area contributed by atoms with Gasteiger partial charge in [0.1, 0.15) is 5.69 Å². The Bertz CT molecular complexity index is 614. The molecule has 0 unspecified atom stereocenters. The molecule has 0 aliphatic rings. The summed E-state index contributed by atoms with van der Waals surface area (Å²) in [7, 11) is 0. The predicted molar refractivity (Wildman–Crippen MR) is 62.0 cm³/mol. The zero-order valence-corrected chi connectivity index (χ0v) is 9.10. The molecule has 17 heavy (non-hydrogen) atoms. The van der Waals surface area contributed by atoms with Gasteiger partial charge in [0.2, 0.25) is 0 Å². The van der Waals surface area contributed by atoms with E-state index >= 15 is 0 Å². The van der Waals surface area contributed by atoms with Crippen LogP contribution >= 0.6 is 0 Å². The van der Waals surface area contributed by atoms with Crippen LogP contribution in [0.3, 0.4) is 0 Å². The lowest BCUT2D eigenvalue weighted by Crippen LogP contribution is -2.16. The van der Waals surface area contributed by atoms with Gasteiger partial charge in [-0.15, -0.1) is 0 Å². The molecule has 1 heterocycles. The Hall–Kier alpha value is -2.43. The molecule has 2 aromatic rings. The van der Waals surface area contributed by atoms with E-state index in [0.717, 1.165) is 5.56 Å². The van der Waals surface area contributed by atoms with E-state index in [1.807, 2.05) is 19.1 Å². The number of carboxylic acid groups (broad SMARTS) is 1. The number of hydrogen-bond donors (Lipinski definition) is 2. The van der Waals surface area contributed by atoms with Gasteiger partial charge in [-0.2, -0.15) is 4.98 Å². The normalized spacial score (nSPS) is 10.2. The third kappa shape index (κ3) is 2.39. The number of benzene rings is 1. The molecule has 0 aliphatic heterocycles. The average molecular weight is 230 g/mol. The van der Waals surface area contributed by atoms with Crippen molar-refractivity contribution in [1.82, 2.24) is 9.97 Å². The maximum absolute atomic E-state index is 11.2. The lowest BCUT2D eigenvalue weighted by Gasteiger charge is -2.02. The number of aromatic amines is 1. The third-order valence-electron chi connectivity index (χ3n) is 2.32. The van der Waals surface area contributed by atoms with Crippen LogP contribution in [0.25, 0.3) is 11.3 Å². The Labute approximate surface area is 96.8 Å². The van der Waals surface area contributed by atoms with Crippen LogP contribution in [0.15, 0.2) is 35.1 Å². The zero-order chi connectivity index (χ0) is 12.4. The first kappa shape index (κ1) is 11.1. The average Bonchev–Trinajstić information content (AvgIpc) is 2.29. The second-order valence-corrected chi connectivity index (χ2v) is 3.66. The van der Waals surface area contributed by atoms with Crippen molar-refractivity contribution in [2.75, 3.05) is 0 Å². The lowest BCUT2D eigenvalue weighted by molar-refractivity contribution is 0.0690. The van der Waals surface area contributed by atoms with Crippen LogP contribution in [0.2, 0.25) is 0 Å². The number of hydrogen-bond acceptors (Lipinski definition) is 3. The van der Waals surface area contributed by atoms with Gasteiger partial charge in [0.25, 0.3) is 0 Å². The molecule has 86 valence electrons. The molecule has 0 saturated carbocycles. The van der Waals surface area contributed by atoms with Crippen LogP contribution in [-0.2, 0) is 0 Å². The van der Waals surface area contributed by atoms with Gasteiger partial charge in [-0.05, 0) is 13.0 Å². The van der Waals surface area contributed by atoms with Crippen molar-refractivity contribution in [2.45, 2.75) is 6.92 Å². The summed E-state index contributed by atoms with van der Waals surface area (Å²) in [5.74, 6) is -1.18. The van der Waals surface area contributed by atoms with Crippen LogP contribution < -0.4 is 5.69 Å². The number of nitrogens with one attached hydrogen (secondary N) is 1. The molecule has 1 aromatic carbocycles. The smallest absolute Gasteiger partial charge is 0.352 e. The van der Waals surface area contributed by atoms with E-state index in [1.54, 1.807) is 12.1 Å². The second-order valence-electron chi connectivity index (χ2n) is 3.66. The third-order valence-corrected chi connectivity index (χ3v) is 2.32. The van der Waals surface area contributed by atoms with E-state index in [4.69, 9.17) is 5.11 Å². The first-order valence-corrected chi connectivity index (χ1v) is 4.98. The molecule has 0 atom stereocenters. The number of H-pyrrole nitrogens is 1. The fourth-order valence-corrected chi connectivity index (χ4v) is 1.45. The van der Waals surface area contributed by atoms with Gasteiger partial charge in [-0.25, -0.2) is 9.59 Å². The summed E-state index contributed by atoms with van der Waals surface area (Å²) in [4.78, 5) is 27.9. The second kappa shape index (κ2) is 4.21. The Morgan fingerprint density at radius 1 is 1.29 bits per heavy atom. The summed E-state index contributed by atoms with van der Waals surface area (Å²) in [5.41, 5.74) is 1.31. The van der Waals surface area contributed by atoms with Gasteiger partial charge >= 0.3 is 11.7 Å². The number of carbonyl (C=O) groups is 1. The summed E-state index contributed by atoms with van der Waals surface area (Å²) in [5, 5.41) is 8.83. The summed E-state index contributed by atoms with van der Waals surface area (Å²) < 4.78 is 0. The lowest BCUT2D eigenvalue weighted by atomic mass is 10.1. The Kier molecular flexibility index (Phi) is 2.74. The largest absolute Gasteiger partial charge is 0.477 e. The van der Waals surface area contributed by atoms with Crippen LogP contribution in [0.1, 0.15) is 16.1 Å². The Balaban J connectivity index is 2.55. The minimum absolute atomic E-state index is 0.166. The molecule has 5 heteroatoms. The highest BCUT2D eigenvalue weighted by Gasteiger charge is 2.08.